The van der Waals surface area contributed by atoms with Gasteiger partial charge in [0.15, 0.2) is 0 Å². The van der Waals surface area contributed by atoms with Crippen molar-refractivity contribution in [1.29, 1.82) is 0 Å². The number of halogens is 3. The van der Waals surface area contributed by atoms with Gasteiger partial charge in [-0.15, -0.1) is 0 Å². The zero-order chi connectivity index (χ0) is 29.6. The number of carbonyl (C=O) groups is 1. The number of para-hydroxylation sites is 1. The first-order chi connectivity index (χ1) is 19.4. The topological polar surface area (TPSA) is 113 Å². The number of aromatic nitrogens is 2. The molecule has 1 unspecified atom stereocenters. The normalized spacial score (nSPS) is 13.9. The zero-order valence-electron chi connectivity index (χ0n) is 22.3. The average Bonchev–Trinajstić information content (AvgIpc) is 3.33. The first-order valence-electron chi connectivity index (χ1n) is 12.6. The van der Waals surface area contributed by atoms with Crippen LogP contribution < -0.4 is 20.5 Å². The van der Waals surface area contributed by atoms with Crippen LogP contribution in [0.3, 0.4) is 0 Å². The number of nitrogens with one attached hydrogen (secondary N) is 2. The molecule has 3 aromatic carbocycles. The molecule has 0 fully saturated rings. The van der Waals surface area contributed by atoms with Crippen molar-refractivity contribution in [1.82, 2.24) is 14.3 Å². The molecule has 1 aromatic heterocycles. The lowest BCUT2D eigenvalue weighted by molar-refractivity contribution is -0.129. The van der Waals surface area contributed by atoms with Crippen LogP contribution in [0.1, 0.15) is 35.2 Å². The van der Waals surface area contributed by atoms with E-state index in [0.29, 0.717) is 35.5 Å². The Labute approximate surface area is 233 Å². The van der Waals surface area contributed by atoms with Gasteiger partial charge in [0.2, 0.25) is 5.95 Å². The van der Waals surface area contributed by atoms with Gasteiger partial charge in [-0.1, -0.05) is 24.3 Å². The van der Waals surface area contributed by atoms with Gasteiger partial charge in [-0.2, -0.15) is 8.78 Å². The lowest BCUT2D eigenvalue weighted by Gasteiger charge is -2.23. The molecule has 13 heteroatoms. The summed E-state index contributed by atoms with van der Waals surface area (Å²) in [6.45, 7) is 4.35. The third kappa shape index (κ3) is 5.36. The van der Waals surface area contributed by atoms with Crippen LogP contribution in [0.2, 0.25) is 0 Å². The number of nitrogens with zero attached hydrogens (tertiary/aromatic N) is 3. The molecule has 2 heterocycles. The van der Waals surface area contributed by atoms with Crippen LogP contribution >= 0.6 is 0 Å². The summed E-state index contributed by atoms with van der Waals surface area (Å²) >= 11 is 0. The predicted molar refractivity (Wildman–Crippen MR) is 148 cm³/mol. The number of benzene rings is 3. The molecular weight excluding hydrogens is 559 g/mol. The number of rotatable bonds is 7. The molecule has 0 spiro atoms. The number of amides is 1. The van der Waals surface area contributed by atoms with E-state index in [1.54, 1.807) is 32.2 Å². The van der Waals surface area contributed by atoms with E-state index in [1.165, 1.54) is 39.6 Å². The summed E-state index contributed by atoms with van der Waals surface area (Å²) in [4.78, 5) is 31.3. The highest BCUT2D eigenvalue weighted by atomic mass is 32.2. The van der Waals surface area contributed by atoms with Crippen molar-refractivity contribution in [2.45, 2.75) is 44.3 Å². The summed E-state index contributed by atoms with van der Waals surface area (Å²) < 4.78 is 67.6. The van der Waals surface area contributed by atoms with Gasteiger partial charge in [0, 0.05) is 25.7 Å². The lowest BCUT2D eigenvalue weighted by Crippen LogP contribution is -2.35. The maximum atomic E-state index is 13.8. The summed E-state index contributed by atoms with van der Waals surface area (Å²) in [5.74, 6) is -1.90. The van der Waals surface area contributed by atoms with Crippen LogP contribution in [-0.4, -0.2) is 30.3 Å². The van der Waals surface area contributed by atoms with Gasteiger partial charge in [-0.05, 0) is 60.9 Å². The third-order valence-electron chi connectivity index (χ3n) is 6.95. The summed E-state index contributed by atoms with van der Waals surface area (Å²) in [7, 11) is -3.00. The first-order valence-corrected chi connectivity index (χ1v) is 14.1. The fourth-order valence-electron chi connectivity index (χ4n) is 5.02. The average molecular weight is 586 g/mol. The Morgan fingerprint density at radius 2 is 1.76 bits per heavy atom. The minimum absolute atomic E-state index is 0.0605. The Hall–Kier alpha value is -4.39. The molecular formula is C28H26F3N5O4S. The quantitative estimate of drug-likeness (QED) is 0.335. The van der Waals surface area contributed by atoms with E-state index >= 15 is 0 Å². The van der Waals surface area contributed by atoms with Gasteiger partial charge in [0.05, 0.1) is 22.6 Å². The van der Waals surface area contributed by atoms with Gasteiger partial charge in [-0.25, -0.2) is 22.5 Å². The highest BCUT2D eigenvalue weighted by Gasteiger charge is 2.28. The molecule has 0 saturated carbocycles. The third-order valence-corrected chi connectivity index (χ3v) is 8.36. The number of anilines is 2. The Morgan fingerprint density at radius 3 is 2.49 bits per heavy atom. The molecule has 41 heavy (non-hydrogen) atoms. The molecule has 1 atom stereocenters. The SMILES string of the molecule is Cc1cc(C(C)Nc2ccccc2S(=O)(=O)NC(=O)C(F)F)c2nc(N3Cc4ccc(F)cc4C3)n(C)c(=O)c2c1. The number of alkyl halides is 2. The second kappa shape index (κ2) is 10.5. The fourth-order valence-corrected chi connectivity index (χ4v) is 6.16. The number of aryl methyl sites for hydroxylation is 1. The second-order valence-electron chi connectivity index (χ2n) is 9.93. The maximum absolute atomic E-state index is 13.8. The van der Waals surface area contributed by atoms with Crippen molar-refractivity contribution in [3.8, 4) is 0 Å². The Balaban J connectivity index is 1.55. The smallest absolute Gasteiger partial charge is 0.316 e. The number of fused-ring (bicyclic) bond motifs is 2. The van der Waals surface area contributed by atoms with E-state index in [4.69, 9.17) is 4.98 Å². The lowest BCUT2D eigenvalue weighted by atomic mass is 10.0. The molecule has 0 aliphatic carbocycles. The molecule has 1 amide bonds. The molecule has 5 rings (SSSR count). The Kier molecular flexibility index (Phi) is 7.24. The molecule has 4 aromatic rings. The van der Waals surface area contributed by atoms with Crippen LogP contribution in [0.25, 0.3) is 10.9 Å². The highest BCUT2D eigenvalue weighted by Crippen LogP contribution is 2.32. The summed E-state index contributed by atoms with van der Waals surface area (Å²) in [6, 6.07) is 13.1. The van der Waals surface area contributed by atoms with Crippen molar-refractivity contribution >= 4 is 38.5 Å². The zero-order valence-corrected chi connectivity index (χ0v) is 23.1. The van der Waals surface area contributed by atoms with Gasteiger partial charge < -0.3 is 10.2 Å². The van der Waals surface area contributed by atoms with Crippen molar-refractivity contribution in [2.75, 3.05) is 10.2 Å². The van der Waals surface area contributed by atoms with Crippen molar-refractivity contribution in [3.05, 3.63) is 93.0 Å². The summed E-state index contributed by atoms with van der Waals surface area (Å²) in [5.41, 5.74) is 3.24. The van der Waals surface area contributed by atoms with E-state index < -0.39 is 33.3 Å². The van der Waals surface area contributed by atoms with Crippen molar-refractivity contribution in [2.24, 2.45) is 7.05 Å². The van der Waals surface area contributed by atoms with E-state index in [2.05, 4.69) is 5.32 Å². The second-order valence-corrected chi connectivity index (χ2v) is 11.6. The number of carbonyl (C=O) groups excluding carboxylic acids is 1. The molecule has 0 bridgehead atoms. The minimum atomic E-state index is -4.62. The Bertz CT molecular complexity index is 1860. The van der Waals surface area contributed by atoms with Gasteiger partial charge in [-0.3, -0.25) is 14.2 Å². The van der Waals surface area contributed by atoms with E-state index in [1.807, 2.05) is 17.9 Å². The fraction of sp³-hybridized carbons (Fsp3) is 0.250. The van der Waals surface area contributed by atoms with Crippen molar-refractivity contribution < 1.29 is 26.4 Å². The van der Waals surface area contributed by atoms with Crippen LogP contribution in [-0.2, 0) is 35.0 Å². The largest absolute Gasteiger partial charge is 0.377 e. The number of hydrogen-bond acceptors (Lipinski definition) is 7. The summed E-state index contributed by atoms with van der Waals surface area (Å²) in [5, 5.41) is 3.43. The molecule has 1 aliphatic heterocycles. The van der Waals surface area contributed by atoms with E-state index in [9.17, 15) is 31.2 Å². The molecule has 0 saturated heterocycles. The molecule has 9 nitrogen and oxygen atoms in total. The standard InChI is InChI=1S/C28H26F3N5O4S/c1-15-10-20(16(2)32-22-6-4-5-7-23(22)41(39,40)34-26(37)25(30)31)24-21(11-15)27(38)35(3)28(33-24)36-13-17-8-9-19(29)12-18(17)14-36/h4-12,16,25,32H,13-14H2,1-3H3,(H,34,37). The Morgan fingerprint density at radius 1 is 1.05 bits per heavy atom. The molecule has 1 aliphatic rings. The number of hydrogen-bond donors (Lipinski definition) is 2. The first kappa shape index (κ1) is 28.1. The van der Waals surface area contributed by atoms with Crippen LogP contribution in [0.15, 0.2) is 64.3 Å². The highest BCUT2D eigenvalue weighted by molar-refractivity contribution is 7.90. The van der Waals surface area contributed by atoms with Gasteiger partial charge >= 0.3 is 12.3 Å². The van der Waals surface area contributed by atoms with Crippen LogP contribution in [0.5, 0.6) is 0 Å². The van der Waals surface area contributed by atoms with Crippen molar-refractivity contribution in [3.63, 3.8) is 0 Å². The van der Waals surface area contributed by atoms with E-state index in [0.717, 1.165) is 16.7 Å². The monoisotopic (exact) mass is 585 g/mol. The molecule has 2 N–H and O–H groups in total. The molecule has 214 valence electrons. The van der Waals surface area contributed by atoms with Crippen LogP contribution in [0.4, 0.5) is 24.8 Å². The van der Waals surface area contributed by atoms with Gasteiger partial charge in [0.25, 0.3) is 15.6 Å². The predicted octanol–water partition coefficient (Wildman–Crippen LogP) is 4.14. The van der Waals surface area contributed by atoms with Crippen LogP contribution in [0, 0.1) is 12.7 Å². The number of sulfonamides is 1. The maximum Gasteiger partial charge on any atom is 0.316 e. The minimum Gasteiger partial charge on any atom is -0.377 e. The summed E-state index contributed by atoms with van der Waals surface area (Å²) in [6.07, 6.45) is -3.51. The van der Waals surface area contributed by atoms with E-state index in [-0.39, 0.29) is 17.1 Å². The van der Waals surface area contributed by atoms with Gasteiger partial charge in [0.1, 0.15) is 10.7 Å². The molecule has 0 radical (unpaired) electrons.